The molecular formula is C26H26F2N6O2. The van der Waals surface area contributed by atoms with Crippen LogP contribution in [-0.2, 0) is 11.8 Å². The molecule has 0 N–H and O–H groups in total. The van der Waals surface area contributed by atoms with E-state index in [1.165, 1.54) is 17.1 Å². The molecule has 8 nitrogen and oxygen atoms in total. The summed E-state index contributed by atoms with van der Waals surface area (Å²) in [5, 5.41) is 9.87. The molecule has 7 rings (SSSR count). The zero-order valence-electron chi connectivity index (χ0n) is 19.8. The van der Waals surface area contributed by atoms with Crippen molar-refractivity contribution in [2.24, 2.45) is 35.8 Å². The number of carbonyl (C=O) groups excluding carboxylic acids is 1. The monoisotopic (exact) mass is 492 g/mol. The van der Waals surface area contributed by atoms with E-state index in [1.54, 1.807) is 29.5 Å². The summed E-state index contributed by atoms with van der Waals surface area (Å²) in [6.45, 7) is 0.462. The molecule has 0 radical (unpaired) electrons. The van der Waals surface area contributed by atoms with Crippen LogP contribution in [0.4, 0.5) is 8.78 Å². The van der Waals surface area contributed by atoms with Crippen molar-refractivity contribution in [3.05, 3.63) is 60.2 Å². The molecule has 3 aromatic rings. The van der Waals surface area contributed by atoms with Gasteiger partial charge in [0.1, 0.15) is 11.6 Å². The average Bonchev–Trinajstić information content (AvgIpc) is 3.50. The zero-order valence-corrected chi connectivity index (χ0v) is 19.8. The first-order valence-electron chi connectivity index (χ1n) is 12.2. The number of hydrogen-bond acceptors (Lipinski definition) is 6. The predicted octanol–water partition coefficient (Wildman–Crippen LogP) is 4.16. The highest BCUT2D eigenvalue weighted by atomic mass is 19.1. The largest absolute Gasteiger partial charge is 0.476 e. The maximum atomic E-state index is 13.8. The summed E-state index contributed by atoms with van der Waals surface area (Å²) in [5.74, 6) is -0.0549. The summed E-state index contributed by atoms with van der Waals surface area (Å²) in [6, 6.07) is 2.91. The molecule has 4 aliphatic rings. The fraction of sp³-hybridized carbons (Fsp3) is 0.423. The molecule has 1 aliphatic heterocycles. The van der Waals surface area contributed by atoms with Crippen molar-refractivity contribution < 1.29 is 18.3 Å². The topological polar surface area (TPSA) is 85.5 Å². The molecule has 1 amide bonds. The van der Waals surface area contributed by atoms with Gasteiger partial charge in [-0.05, 0) is 54.7 Å². The van der Waals surface area contributed by atoms with Gasteiger partial charge in [-0.25, -0.2) is 23.8 Å². The van der Waals surface area contributed by atoms with Crippen LogP contribution in [-0.4, -0.2) is 43.5 Å². The zero-order chi connectivity index (χ0) is 24.8. The molecule has 10 heteroatoms. The lowest BCUT2D eigenvalue weighted by Gasteiger charge is -2.51. The minimum atomic E-state index is -0.655. The number of carbonyl (C=O) groups is 1. The third kappa shape index (κ3) is 4.25. The van der Waals surface area contributed by atoms with Gasteiger partial charge in [0.05, 0.1) is 36.9 Å². The third-order valence-corrected chi connectivity index (χ3v) is 7.72. The second-order valence-corrected chi connectivity index (χ2v) is 9.98. The fourth-order valence-electron chi connectivity index (χ4n) is 5.77. The van der Waals surface area contributed by atoms with E-state index in [9.17, 15) is 13.6 Å². The quantitative estimate of drug-likeness (QED) is 0.516. The maximum Gasteiger partial charge on any atom is 0.246 e. The molecule has 3 aliphatic carbocycles. The summed E-state index contributed by atoms with van der Waals surface area (Å²) in [6.07, 6.45) is 11.6. The Labute approximate surface area is 207 Å². The Morgan fingerprint density at radius 2 is 1.86 bits per heavy atom. The number of hydrogen-bond donors (Lipinski definition) is 0. The molecule has 2 aromatic heterocycles. The number of rotatable bonds is 6. The molecule has 2 bridgehead atoms. The Bertz CT molecular complexity index is 1280. The highest BCUT2D eigenvalue weighted by Gasteiger charge is 2.50. The highest BCUT2D eigenvalue weighted by molar-refractivity contribution is 5.82. The van der Waals surface area contributed by atoms with Crippen molar-refractivity contribution in [2.75, 3.05) is 6.61 Å². The van der Waals surface area contributed by atoms with Crippen LogP contribution in [0.15, 0.2) is 48.1 Å². The smallest absolute Gasteiger partial charge is 0.246 e. The minimum Gasteiger partial charge on any atom is -0.476 e. The van der Waals surface area contributed by atoms with Crippen LogP contribution in [0.5, 0.6) is 5.88 Å². The summed E-state index contributed by atoms with van der Waals surface area (Å²) in [7, 11) is 1.85. The van der Waals surface area contributed by atoms with Gasteiger partial charge in [-0.3, -0.25) is 9.48 Å². The van der Waals surface area contributed by atoms with Crippen molar-refractivity contribution in [2.45, 2.75) is 31.7 Å². The lowest BCUT2D eigenvalue weighted by molar-refractivity contribution is -0.148. The molecule has 1 aromatic carbocycles. The fourth-order valence-corrected chi connectivity index (χ4v) is 5.77. The van der Waals surface area contributed by atoms with Gasteiger partial charge in [0.15, 0.2) is 0 Å². The van der Waals surface area contributed by atoms with Crippen LogP contribution in [0.25, 0.3) is 11.3 Å². The van der Waals surface area contributed by atoms with Crippen molar-refractivity contribution in [1.82, 2.24) is 24.8 Å². The van der Waals surface area contributed by atoms with Crippen molar-refractivity contribution in [3.63, 3.8) is 0 Å². The van der Waals surface area contributed by atoms with Crippen molar-refractivity contribution in [3.8, 4) is 17.1 Å². The van der Waals surface area contributed by atoms with Crippen LogP contribution in [0.3, 0.4) is 0 Å². The average molecular weight is 493 g/mol. The lowest BCUT2D eigenvalue weighted by atomic mass is 9.55. The van der Waals surface area contributed by atoms with Gasteiger partial charge in [0.2, 0.25) is 11.8 Å². The van der Waals surface area contributed by atoms with Gasteiger partial charge >= 0.3 is 0 Å². The van der Waals surface area contributed by atoms with E-state index >= 15 is 0 Å². The Kier molecular flexibility index (Phi) is 5.73. The molecule has 3 fully saturated rings. The number of nitrogens with zero attached hydrogens (tertiary/aromatic N) is 6. The molecule has 3 saturated carbocycles. The van der Waals surface area contributed by atoms with Gasteiger partial charge in [0, 0.05) is 43.4 Å². The van der Waals surface area contributed by atoms with Gasteiger partial charge in [-0.15, -0.1) is 0 Å². The first-order valence-corrected chi connectivity index (χ1v) is 12.2. The molecule has 0 spiro atoms. The maximum absolute atomic E-state index is 13.8. The van der Waals surface area contributed by atoms with Crippen molar-refractivity contribution in [1.29, 1.82) is 0 Å². The number of aromatic nitrogens is 4. The molecular weight excluding hydrogens is 466 g/mol. The van der Waals surface area contributed by atoms with Crippen molar-refractivity contribution >= 4 is 12.1 Å². The molecule has 3 heterocycles. The lowest BCUT2D eigenvalue weighted by Crippen LogP contribution is -2.50. The van der Waals surface area contributed by atoms with E-state index in [2.05, 4.69) is 20.2 Å². The van der Waals surface area contributed by atoms with Gasteiger partial charge < -0.3 is 4.74 Å². The Morgan fingerprint density at radius 3 is 2.56 bits per heavy atom. The molecule has 1 unspecified atom stereocenters. The second kappa shape index (κ2) is 9.07. The molecule has 0 saturated heterocycles. The summed E-state index contributed by atoms with van der Waals surface area (Å²) >= 11 is 0. The van der Waals surface area contributed by atoms with E-state index in [1.807, 2.05) is 13.2 Å². The van der Waals surface area contributed by atoms with Crippen LogP contribution in [0.2, 0.25) is 0 Å². The number of amides is 1. The van der Waals surface area contributed by atoms with Gasteiger partial charge in [-0.2, -0.15) is 10.2 Å². The predicted molar refractivity (Wildman–Crippen MR) is 127 cm³/mol. The minimum absolute atomic E-state index is 0.0767. The Morgan fingerprint density at radius 1 is 1.06 bits per heavy atom. The first-order chi connectivity index (χ1) is 17.4. The molecule has 36 heavy (non-hydrogen) atoms. The summed E-state index contributed by atoms with van der Waals surface area (Å²) in [4.78, 5) is 22.4. The molecule has 3 atom stereocenters. The summed E-state index contributed by atoms with van der Waals surface area (Å²) in [5.41, 5.74) is 2.03. The van der Waals surface area contributed by atoms with Crippen LogP contribution >= 0.6 is 0 Å². The van der Waals surface area contributed by atoms with Crippen LogP contribution < -0.4 is 4.74 Å². The molecule has 186 valence electrons. The first kappa shape index (κ1) is 22.8. The highest BCUT2D eigenvalue weighted by Crippen LogP contribution is 2.53. The van der Waals surface area contributed by atoms with Gasteiger partial charge in [-0.1, -0.05) is 0 Å². The summed E-state index contributed by atoms with van der Waals surface area (Å²) < 4.78 is 35.3. The third-order valence-electron chi connectivity index (χ3n) is 7.72. The number of halogens is 2. The van der Waals surface area contributed by atoms with Crippen LogP contribution in [0.1, 0.15) is 37.3 Å². The number of hydrazone groups is 1. The van der Waals surface area contributed by atoms with E-state index < -0.39 is 17.7 Å². The number of fused-ring (bicyclic) bond motifs is 2. The second-order valence-electron chi connectivity index (χ2n) is 9.98. The van der Waals surface area contributed by atoms with E-state index in [0.717, 1.165) is 30.2 Å². The number of benzene rings is 1. The normalized spacial score (nSPS) is 26.6. The van der Waals surface area contributed by atoms with Gasteiger partial charge in [0.25, 0.3) is 0 Å². The van der Waals surface area contributed by atoms with E-state index in [-0.39, 0.29) is 17.7 Å². The standard InChI is InChI=1S/C26H26F2N6O2/c1-33-13-19(10-32-33)23-11-30-25(12-29-23)36-14-18-8-22(16-4-15(18)5-16)26(35)34-24(2-3-31-34)17-6-20(27)9-21(28)7-17/h3,6-7,9-13,15-16,18,22,24H,2,4-5,8,14H2,1H3/t15?,16?,18-,22-,24?/m0/s1. The SMILES string of the molecule is Cn1cc(-c2cnc(OC[C@@H]3C[C@H](C(=O)N4N=CCC4c4cc(F)cc(F)c4)C4CC3C4)cn2)cn1. The van der Waals surface area contributed by atoms with E-state index in [0.29, 0.717) is 42.7 Å². The van der Waals surface area contributed by atoms with Crippen LogP contribution in [0, 0.1) is 35.3 Å². The number of aryl methyl sites for hydroxylation is 1. The number of ether oxygens (including phenoxy) is 1. The van der Waals surface area contributed by atoms with E-state index in [4.69, 9.17) is 4.74 Å². The Balaban J connectivity index is 1.10. The Hall–Kier alpha value is -3.69.